The molecule has 0 spiro atoms. The summed E-state index contributed by atoms with van der Waals surface area (Å²) in [5.74, 6) is -0.914. The van der Waals surface area contributed by atoms with Crippen LogP contribution in [0.2, 0.25) is 0 Å². The molecule has 1 heterocycles. The first kappa shape index (κ1) is 12.9. The first-order chi connectivity index (χ1) is 7.65. The number of nitrogens with zero attached hydrogens (tertiary/aromatic N) is 1. The molecule has 2 N–H and O–H groups in total. The minimum atomic E-state index is -0.914. The van der Waals surface area contributed by atoms with Gasteiger partial charge in [0.1, 0.15) is 4.88 Å². The van der Waals surface area contributed by atoms with Crippen molar-refractivity contribution < 1.29 is 14.6 Å². The molecule has 0 saturated heterocycles. The van der Waals surface area contributed by atoms with E-state index in [2.05, 4.69) is 10.3 Å². The summed E-state index contributed by atoms with van der Waals surface area (Å²) in [5.41, 5.74) is 0.567. The number of methoxy groups -OCH3 is 1. The van der Waals surface area contributed by atoms with Crippen molar-refractivity contribution in [2.45, 2.75) is 19.8 Å². The lowest BCUT2D eigenvalue weighted by atomic mass is 10.3. The zero-order valence-corrected chi connectivity index (χ0v) is 10.3. The van der Waals surface area contributed by atoms with E-state index in [1.807, 2.05) is 0 Å². The summed E-state index contributed by atoms with van der Waals surface area (Å²) >= 11 is 1.18. The number of ether oxygens (including phenoxy) is 1. The number of hydrogen-bond donors (Lipinski definition) is 2. The standard InChI is InChI=1S/C10H16N2O3S/c1-7-8(9(13)14)16-10(12-7)11-5-3-4-6-15-2/h3-6H2,1-2H3,(H,11,12)(H,13,14). The zero-order chi connectivity index (χ0) is 12.0. The fourth-order valence-electron chi connectivity index (χ4n) is 1.24. The molecular formula is C10H16N2O3S. The summed E-state index contributed by atoms with van der Waals surface area (Å²) in [4.78, 5) is 15.2. The Labute approximate surface area is 98.5 Å². The van der Waals surface area contributed by atoms with Crippen LogP contribution in [0, 0.1) is 6.92 Å². The summed E-state index contributed by atoms with van der Waals surface area (Å²) in [6.45, 7) is 3.24. The van der Waals surface area contributed by atoms with Crippen LogP contribution >= 0.6 is 11.3 Å². The van der Waals surface area contributed by atoms with Gasteiger partial charge < -0.3 is 15.2 Å². The number of nitrogens with one attached hydrogen (secondary N) is 1. The molecule has 1 aromatic rings. The predicted molar refractivity (Wildman–Crippen MR) is 63.4 cm³/mol. The third-order valence-corrected chi connectivity index (χ3v) is 3.15. The molecule has 0 aliphatic rings. The van der Waals surface area contributed by atoms with Gasteiger partial charge in [-0.1, -0.05) is 11.3 Å². The number of carboxylic acids is 1. The molecular weight excluding hydrogens is 228 g/mol. The number of aromatic nitrogens is 1. The van der Waals surface area contributed by atoms with Gasteiger partial charge in [-0.3, -0.25) is 0 Å². The molecule has 5 nitrogen and oxygen atoms in total. The molecule has 0 atom stereocenters. The van der Waals surface area contributed by atoms with Gasteiger partial charge in [0.25, 0.3) is 0 Å². The van der Waals surface area contributed by atoms with Gasteiger partial charge in [-0.05, 0) is 19.8 Å². The Hall–Kier alpha value is -1.14. The van der Waals surface area contributed by atoms with Gasteiger partial charge in [0.2, 0.25) is 0 Å². The molecule has 0 aromatic carbocycles. The van der Waals surface area contributed by atoms with Crippen molar-refractivity contribution in [2.75, 3.05) is 25.6 Å². The average molecular weight is 244 g/mol. The maximum absolute atomic E-state index is 10.8. The van der Waals surface area contributed by atoms with E-state index in [1.54, 1.807) is 14.0 Å². The van der Waals surface area contributed by atoms with Crippen LogP contribution in [0.3, 0.4) is 0 Å². The molecule has 0 unspecified atom stereocenters. The summed E-state index contributed by atoms with van der Waals surface area (Å²) in [7, 11) is 1.68. The first-order valence-corrected chi connectivity index (χ1v) is 5.90. The fourth-order valence-corrected chi connectivity index (χ4v) is 2.07. The highest BCUT2D eigenvalue weighted by Crippen LogP contribution is 2.22. The second kappa shape index (κ2) is 6.44. The van der Waals surface area contributed by atoms with Gasteiger partial charge in [0.05, 0.1) is 5.69 Å². The third-order valence-electron chi connectivity index (χ3n) is 2.04. The number of anilines is 1. The van der Waals surface area contributed by atoms with E-state index in [0.29, 0.717) is 15.7 Å². The molecule has 0 amide bonds. The number of carboxylic acid groups (broad SMARTS) is 1. The van der Waals surface area contributed by atoms with Gasteiger partial charge in [-0.2, -0.15) is 0 Å². The van der Waals surface area contributed by atoms with E-state index in [1.165, 1.54) is 11.3 Å². The quantitative estimate of drug-likeness (QED) is 0.718. The molecule has 6 heteroatoms. The molecule has 0 bridgehead atoms. The van der Waals surface area contributed by atoms with Crippen molar-refractivity contribution in [1.29, 1.82) is 0 Å². The van der Waals surface area contributed by atoms with Crippen molar-refractivity contribution in [3.63, 3.8) is 0 Å². The number of carbonyl (C=O) groups is 1. The Kier molecular flexibility index (Phi) is 5.21. The lowest BCUT2D eigenvalue weighted by molar-refractivity contribution is 0.0701. The Morgan fingerprint density at radius 2 is 2.31 bits per heavy atom. The van der Waals surface area contributed by atoms with Crippen molar-refractivity contribution >= 4 is 22.4 Å². The highest BCUT2D eigenvalue weighted by molar-refractivity contribution is 7.17. The molecule has 1 rings (SSSR count). The average Bonchev–Trinajstić information content (AvgIpc) is 2.59. The van der Waals surface area contributed by atoms with Gasteiger partial charge in [0, 0.05) is 20.3 Å². The Morgan fingerprint density at radius 1 is 1.56 bits per heavy atom. The van der Waals surface area contributed by atoms with Crippen LogP contribution < -0.4 is 5.32 Å². The number of rotatable bonds is 7. The SMILES string of the molecule is COCCCCNc1nc(C)c(C(=O)O)s1. The van der Waals surface area contributed by atoms with Crippen molar-refractivity contribution in [1.82, 2.24) is 4.98 Å². The van der Waals surface area contributed by atoms with Crippen LogP contribution in [0.25, 0.3) is 0 Å². The van der Waals surface area contributed by atoms with Crippen molar-refractivity contribution in [2.24, 2.45) is 0 Å². The first-order valence-electron chi connectivity index (χ1n) is 5.08. The van der Waals surface area contributed by atoms with Gasteiger partial charge in [-0.15, -0.1) is 0 Å². The molecule has 0 aliphatic carbocycles. The van der Waals surface area contributed by atoms with Crippen LogP contribution in [0.15, 0.2) is 0 Å². The fraction of sp³-hybridized carbons (Fsp3) is 0.600. The van der Waals surface area contributed by atoms with Gasteiger partial charge >= 0.3 is 5.97 Å². The number of aromatic carboxylic acids is 1. The summed E-state index contributed by atoms with van der Waals surface area (Å²) < 4.78 is 4.93. The summed E-state index contributed by atoms with van der Waals surface area (Å²) in [5, 5.41) is 12.6. The lowest BCUT2D eigenvalue weighted by Crippen LogP contribution is -2.02. The number of aryl methyl sites for hydroxylation is 1. The highest BCUT2D eigenvalue weighted by Gasteiger charge is 2.13. The Balaban J connectivity index is 2.37. The number of unbranched alkanes of at least 4 members (excludes halogenated alkanes) is 1. The topological polar surface area (TPSA) is 71.5 Å². The van der Waals surface area contributed by atoms with Crippen LogP contribution in [-0.2, 0) is 4.74 Å². The van der Waals surface area contributed by atoms with E-state index in [9.17, 15) is 4.79 Å². The highest BCUT2D eigenvalue weighted by atomic mass is 32.1. The minimum Gasteiger partial charge on any atom is -0.477 e. The van der Waals surface area contributed by atoms with E-state index in [4.69, 9.17) is 9.84 Å². The van der Waals surface area contributed by atoms with Crippen molar-refractivity contribution in [3.8, 4) is 0 Å². The van der Waals surface area contributed by atoms with Crippen LogP contribution in [0.1, 0.15) is 28.2 Å². The molecule has 0 aliphatic heterocycles. The van der Waals surface area contributed by atoms with E-state index >= 15 is 0 Å². The van der Waals surface area contributed by atoms with E-state index in [-0.39, 0.29) is 0 Å². The van der Waals surface area contributed by atoms with Gasteiger partial charge in [-0.25, -0.2) is 9.78 Å². The third kappa shape index (κ3) is 3.79. The Bertz CT molecular complexity index is 352. The predicted octanol–water partition coefficient (Wildman–Crippen LogP) is 1.99. The molecule has 90 valence electrons. The normalized spacial score (nSPS) is 10.4. The van der Waals surface area contributed by atoms with Gasteiger partial charge in [0.15, 0.2) is 5.13 Å². The Morgan fingerprint density at radius 3 is 2.88 bits per heavy atom. The smallest absolute Gasteiger partial charge is 0.347 e. The molecule has 1 aromatic heterocycles. The van der Waals surface area contributed by atoms with Crippen LogP contribution in [-0.4, -0.2) is 36.3 Å². The second-order valence-electron chi connectivity index (χ2n) is 3.37. The molecule has 0 fully saturated rings. The summed E-state index contributed by atoms with van der Waals surface area (Å²) in [6, 6.07) is 0. The minimum absolute atomic E-state index is 0.305. The summed E-state index contributed by atoms with van der Waals surface area (Å²) in [6.07, 6.45) is 1.97. The van der Waals surface area contributed by atoms with E-state index < -0.39 is 5.97 Å². The monoisotopic (exact) mass is 244 g/mol. The van der Waals surface area contributed by atoms with E-state index in [0.717, 1.165) is 26.0 Å². The molecule has 0 radical (unpaired) electrons. The zero-order valence-electron chi connectivity index (χ0n) is 9.45. The number of hydrogen-bond acceptors (Lipinski definition) is 5. The lowest BCUT2D eigenvalue weighted by Gasteiger charge is -2.01. The molecule has 16 heavy (non-hydrogen) atoms. The maximum Gasteiger partial charge on any atom is 0.347 e. The van der Waals surface area contributed by atoms with Crippen LogP contribution in [0.5, 0.6) is 0 Å². The molecule has 0 saturated carbocycles. The second-order valence-corrected chi connectivity index (χ2v) is 4.36. The largest absolute Gasteiger partial charge is 0.477 e. The maximum atomic E-state index is 10.8. The van der Waals surface area contributed by atoms with Crippen LogP contribution in [0.4, 0.5) is 5.13 Å². The van der Waals surface area contributed by atoms with Crippen molar-refractivity contribution in [3.05, 3.63) is 10.6 Å². The number of thiazole rings is 1.